The smallest absolute Gasteiger partial charge is 0.247 e. The molecule has 0 saturated heterocycles. The van der Waals surface area contributed by atoms with E-state index < -0.39 is 0 Å². The van der Waals surface area contributed by atoms with E-state index >= 15 is 0 Å². The summed E-state index contributed by atoms with van der Waals surface area (Å²) in [4.78, 5) is 20.2. The lowest BCUT2D eigenvalue weighted by molar-refractivity contribution is -0.125. The fourth-order valence-corrected chi connectivity index (χ4v) is 2.92. The molecule has 1 aliphatic rings. The predicted molar refractivity (Wildman–Crippen MR) is 81.8 cm³/mol. The Kier molecular flexibility index (Phi) is 5.12. The third-order valence-corrected chi connectivity index (χ3v) is 4.16. The molecule has 1 aromatic rings. The van der Waals surface area contributed by atoms with Crippen molar-refractivity contribution in [1.29, 1.82) is 0 Å². The van der Waals surface area contributed by atoms with Crippen molar-refractivity contribution in [2.24, 2.45) is 4.99 Å². The first-order valence-corrected chi connectivity index (χ1v) is 7.32. The van der Waals surface area contributed by atoms with Gasteiger partial charge in [0.25, 0.3) is 0 Å². The van der Waals surface area contributed by atoms with E-state index in [1.807, 2.05) is 11.0 Å². The van der Waals surface area contributed by atoms with Crippen LogP contribution >= 0.6 is 11.3 Å². The van der Waals surface area contributed by atoms with E-state index in [0.717, 1.165) is 12.0 Å². The van der Waals surface area contributed by atoms with Crippen molar-refractivity contribution in [3.8, 4) is 0 Å². The van der Waals surface area contributed by atoms with Gasteiger partial charge >= 0.3 is 0 Å². The van der Waals surface area contributed by atoms with Gasteiger partial charge in [0, 0.05) is 28.6 Å². The van der Waals surface area contributed by atoms with Gasteiger partial charge in [-0.15, -0.1) is 11.3 Å². The van der Waals surface area contributed by atoms with Crippen LogP contribution in [0.25, 0.3) is 0 Å². The van der Waals surface area contributed by atoms with Crippen molar-refractivity contribution >= 4 is 23.6 Å². The minimum absolute atomic E-state index is 0.0619. The molecule has 0 aromatic carbocycles. The quantitative estimate of drug-likeness (QED) is 0.597. The zero-order valence-electron chi connectivity index (χ0n) is 11.7. The summed E-state index contributed by atoms with van der Waals surface area (Å²) in [6.45, 7) is 3.46. The number of carbonyl (C=O) groups is 1. The second-order valence-electron chi connectivity index (χ2n) is 4.44. The molecule has 0 spiro atoms. The molecule has 0 N–H and O–H groups in total. The van der Waals surface area contributed by atoms with Crippen LogP contribution in [0.5, 0.6) is 0 Å². The monoisotopic (exact) mass is 290 g/mol. The molecule has 0 aliphatic carbocycles. The minimum atomic E-state index is 0.0619. The van der Waals surface area contributed by atoms with Gasteiger partial charge in [-0.3, -0.25) is 4.79 Å². The molecule has 0 radical (unpaired) electrons. The molecule has 0 unspecified atom stereocenters. The fraction of sp³-hybridized carbons (Fsp3) is 0.333. The highest BCUT2D eigenvalue weighted by Crippen LogP contribution is 2.21. The van der Waals surface area contributed by atoms with Crippen molar-refractivity contribution in [2.45, 2.75) is 19.9 Å². The largest absolute Gasteiger partial charge is 0.486 e. The molecule has 0 atom stereocenters. The van der Waals surface area contributed by atoms with Gasteiger partial charge in [0.1, 0.15) is 0 Å². The van der Waals surface area contributed by atoms with Gasteiger partial charge < -0.3 is 9.64 Å². The summed E-state index contributed by atoms with van der Waals surface area (Å²) in [6, 6.07) is 4.24. The minimum Gasteiger partial charge on any atom is -0.486 e. The Balaban J connectivity index is 1.91. The Bertz CT molecular complexity index is 558. The van der Waals surface area contributed by atoms with Crippen LogP contribution in [-0.2, 0) is 22.5 Å². The van der Waals surface area contributed by atoms with Crippen LogP contribution in [0.1, 0.15) is 16.7 Å². The molecule has 4 nitrogen and oxygen atoms in total. The molecule has 0 bridgehead atoms. The summed E-state index contributed by atoms with van der Waals surface area (Å²) in [6.07, 6.45) is 7.52. The third kappa shape index (κ3) is 3.81. The summed E-state index contributed by atoms with van der Waals surface area (Å²) < 4.78 is 4.70. The Hall–Kier alpha value is -1.88. The lowest BCUT2D eigenvalue weighted by Gasteiger charge is -2.14. The number of nitrogens with zero attached hydrogens (tertiary/aromatic N) is 2. The summed E-state index contributed by atoms with van der Waals surface area (Å²) in [5.74, 6) is 0.0619. The maximum atomic E-state index is 11.9. The van der Waals surface area contributed by atoms with E-state index in [9.17, 15) is 4.79 Å². The molecule has 0 saturated carbocycles. The lowest BCUT2D eigenvalue weighted by atomic mass is 10.3. The van der Waals surface area contributed by atoms with Crippen molar-refractivity contribution in [3.63, 3.8) is 0 Å². The van der Waals surface area contributed by atoms with Gasteiger partial charge in [0.15, 0.2) is 6.40 Å². The van der Waals surface area contributed by atoms with Gasteiger partial charge in [0.05, 0.1) is 13.7 Å². The third-order valence-electron chi connectivity index (χ3n) is 2.95. The van der Waals surface area contributed by atoms with Gasteiger partial charge in [-0.25, -0.2) is 4.99 Å². The number of aryl methyl sites for hydroxylation is 1. The SMILES string of the molecule is CCc1ccc(CN2CC(/C=C\N=C\OC)=CC2=O)s1. The van der Waals surface area contributed by atoms with Crippen LogP contribution in [0.4, 0.5) is 0 Å². The number of thiophene rings is 1. The molecule has 20 heavy (non-hydrogen) atoms. The number of hydrogen-bond donors (Lipinski definition) is 0. The number of methoxy groups -OCH3 is 1. The van der Waals surface area contributed by atoms with Crippen molar-refractivity contribution in [1.82, 2.24) is 4.90 Å². The standard InChI is InChI=1S/C15H18N2O2S/c1-3-13-4-5-14(20-13)10-17-9-12(8-15(17)18)6-7-16-11-19-2/h4-8,11H,3,9-10H2,1-2H3/b7-6-,16-11+. The molecule has 0 fully saturated rings. The average Bonchev–Trinajstić information content (AvgIpc) is 3.03. The van der Waals surface area contributed by atoms with E-state index in [-0.39, 0.29) is 5.91 Å². The number of amides is 1. The van der Waals surface area contributed by atoms with Crippen LogP contribution in [0, 0.1) is 0 Å². The van der Waals surface area contributed by atoms with Crippen LogP contribution in [-0.4, -0.2) is 30.9 Å². The summed E-state index contributed by atoms with van der Waals surface area (Å²) in [5, 5.41) is 0. The van der Waals surface area contributed by atoms with E-state index in [1.165, 1.54) is 16.2 Å². The molecule has 1 aromatic heterocycles. The summed E-state index contributed by atoms with van der Waals surface area (Å²) in [7, 11) is 1.54. The van der Waals surface area contributed by atoms with Crippen molar-refractivity contribution < 1.29 is 9.53 Å². The molecule has 106 valence electrons. The molecule has 1 amide bonds. The number of rotatable bonds is 6. The van der Waals surface area contributed by atoms with Gasteiger partial charge in [-0.2, -0.15) is 0 Å². The van der Waals surface area contributed by atoms with E-state index in [4.69, 9.17) is 4.74 Å². The first kappa shape index (κ1) is 14.5. The Morgan fingerprint density at radius 2 is 2.25 bits per heavy atom. The maximum Gasteiger partial charge on any atom is 0.247 e. The lowest BCUT2D eigenvalue weighted by Crippen LogP contribution is -2.24. The summed E-state index contributed by atoms with van der Waals surface area (Å²) >= 11 is 1.77. The second kappa shape index (κ2) is 7.05. The topological polar surface area (TPSA) is 41.9 Å². The molecule has 2 heterocycles. The molecular weight excluding hydrogens is 272 g/mol. The van der Waals surface area contributed by atoms with Crippen molar-refractivity contribution in [2.75, 3.05) is 13.7 Å². The van der Waals surface area contributed by atoms with Gasteiger partial charge in [0.2, 0.25) is 5.91 Å². The summed E-state index contributed by atoms with van der Waals surface area (Å²) in [5.41, 5.74) is 0.968. The first-order chi connectivity index (χ1) is 9.72. The highest BCUT2D eigenvalue weighted by molar-refractivity contribution is 7.11. The molecule has 2 rings (SSSR count). The number of aliphatic imine (C=N–C) groups is 1. The van der Waals surface area contributed by atoms with Crippen LogP contribution in [0.15, 0.2) is 41.1 Å². The van der Waals surface area contributed by atoms with Crippen LogP contribution in [0.3, 0.4) is 0 Å². The Morgan fingerprint density at radius 1 is 1.45 bits per heavy atom. The highest BCUT2D eigenvalue weighted by atomic mass is 32.1. The second-order valence-corrected chi connectivity index (χ2v) is 5.69. The zero-order valence-corrected chi connectivity index (χ0v) is 12.5. The highest BCUT2D eigenvalue weighted by Gasteiger charge is 2.20. The van der Waals surface area contributed by atoms with Crippen LogP contribution in [0.2, 0.25) is 0 Å². The molecular formula is C15H18N2O2S. The van der Waals surface area contributed by atoms with Gasteiger partial charge in [-0.05, 0) is 30.2 Å². The first-order valence-electron chi connectivity index (χ1n) is 6.51. The Labute approximate surface area is 123 Å². The fourth-order valence-electron chi connectivity index (χ4n) is 1.95. The van der Waals surface area contributed by atoms with E-state index in [2.05, 4.69) is 24.0 Å². The Morgan fingerprint density at radius 3 is 2.95 bits per heavy atom. The van der Waals surface area contributed by atoms with E-state index in [0.29, 0.717) is 13.1 Å². The van der Waals surface area contributed by atoms with Crippen molar-refractivity contribution in [3.05, 3.63) is 45.8 Å². The zero-order chi connectivity index (χ0) is 14.4. The molecule has 5 heteroatoms. The maximum absolute atomic E-state index is 11.9. The molecule has 1 aliphatic heterocycles. The normalized spacial score (nSPS) is 15.6. The average molecular weight is 290 g/mol. The van der Waals surface area contributed by atoms with Gasteiger partial charge in [-0.1, -0.05) is 6.92 Å². The van der Waals surface area contributed by atoms with Crippen LogP contribution < -0.4 is 0 Å². The number of carbonyl (C=O) groups excluding carboxylic acids is 1. The van der Waals surface area contributed by atoms with E-state index in [1.54, 1.807) is 30.7 Å². The number of ether oxygens (including phenoxy) is 1. The predicted octanol–water partition coefficient (Wildman–Crippen LogP) is 2.77. The number of hydrogen-bond acceptors (Lipinski definition) is 4.